The molecule has 3 aromatic rings. The highest BCUT2D eigenvalue weighted by molar-refractivity contribution is 7.89. The van der Waals surface area contributed by atoms with Gasteiger partial charge in [0.2, 0.25) is 10.0 Å². The number of rotatable bonds is 4. The van der Waals surface area contributed by atoms with Crippen LogP contribution in [0.5, 0.6) is 0 Å². The van der Waals surface area contributed by atoms with Crippen LogP contribution in [0.25, 0.3) is 11.0 Å². The lowest BCUT2D eigenvalue weighted by Gasteiger charge is -2.42. The number of benzene rings is 1. The van der Waals surface area contributed by atoms with E-state index < -0.39 is 10.0 Å². The first-order valence-corrected chi connectivity index (χ1v) is 11.1. The minimum absolute atomic E-state index is 0.0585. The van der Waals surface area contributed by atoms with Gasteiger partial charge in [-0.05, 0) is 42.7 Å². The Morgan fingerprint density at radius 1 is 1.29 bits per heavy atom. The van der Waals surface area contributed by atoms with Crippen LogP contribution in [0.3, 0.4) is 0 Å². The van der Waals surface area contributed by atoms with E-state index in [1.54, 1.807) is 28.7 Å². The molecule has 6 nitrogen and oxygen atoms in total. The number of hydrogen-bond donors (Lipinski definition) is 1. The van der Waals surface area contributed by atoms with Gasteiger partial charge in [-0.15, -0.1) is 0 Å². The number of sulfonamides is 1. The van der Waals surface area contributed by atoms with E-state index in [0.717, 1.165) is 23.1 Å². The number of aromatic amines is 1. The lowest BCUT2D eigenvalue weighted by molar-refractivity contribution is 0.248. The number of nitrogens with one attached hydrogen (secondary N) is 1. The Balaban J connectivity index is 1.64. The van der Waals surface area contributed by atoms with Gasteiger partial charge in [-0.3, -0.25) is 0 Å². The van der Waals surface area contributed by atoms with Crippen LogP contribution in [-0.2, 0) is 10.0 Å². The number of aromatic nitrogens is 2. The summed E-state index contributed by atoms with van der Waals surface area (Å²) in [5, 5.41) is 1.46. The van der Waals surface area contributed by atoms with Crippen molar-refractivity contribution in [3.63, 3.8) is 0 Å². The molecule has 0 saturated carbocycles. The smallest absolute Gasteiger partial charge is 0.243 e. The van der Waals surface area contributed by atoms with Gasteiger partial charge in [-0.1, -0.05) is 24.6 Å². The summed E-state index contributed by atoms with van der Waals surface area (Å²) in [7, 11) is -1.56. The average Bonchev–Trinajstić information content (AvgIpc) is 3.16. The number of fused-ring (bicyclic) bond motifs is 1. The first kappa shape index (κ1) is 19.2. The zero-order chi connectivity index (χ0) is 19.9. The van der Waals surface area contributed by atoms with E-state index in [0.29, 0.717) is 24.0 Å². The summed E-state index contributed by atoms with van der Waals surface area (Å²) >= 11 is 6.02. The molecule has 1 aliphatic rings. The minimum Gasteiger partial charge on any atom is -0.369 e. The van der Waals surface area contributed by atoms with E-state index in [1.807, 2.05) is 25.4 Å². The number of pyridine rings is 1. The van der Waals surface area contributed by atoms with Gasteiger partial charge >= 0.3 is 0 Å². The molecule has 148 valence electrons. The van der Waals surface area contributed by atoms with Gasteiger partial charge in [0.15, 0.2) is 0 Å². The van der Waals surface area contributed by atoms with Crippen LogP contribution in [0.1, 0.15) is 13.3 Å². The highest BCUT2D eigenvalue weighted by Gasteiger charge is 2.36. The van der Waals surface area contributed by atoms with Crippen molar-refractivity contribution in [2.45, 2.75) is 24.3 Å². The number of halogens is 1. The van der Waals surface area contributed by atoms with Gasteiger partial charge in [0.1, 0.15) is 5.65 Å². The highest BCUT2D eigenvalue weighted by atomic mass is 35.5. The zero-order valence-corrected chi connectivity index (χ0v) is 17.4. The van der Waals surface area contributed by atoms with Gasteiger partial charge in [0, 0.05) is 54.7 Å². The maximum absolute atomic E-state index is 13.2. The van der Waals surface area contributed by atoms with Crippen molar-refractivity contribution >= 4 is 38.3 Å². The molecule has 3 heterocycles. The standard InChI is InChI=1S/C20H23ClN4O2S/c1-14-8-11-25(28(26,27)16-5-3-4-15(21)12-16)13-19(14)24(2)18-7-10-23-20-17(18)6-9-22-20/h3-7,9-10,12,14,19H,8,11,13H2,1-2H3,(H,22,23). The fourth-order valence-corrected chi connectivity index (χ4v) is 5.73. The summed E-state index contributed by atoms with van der Waals surface area (Å²) in [5.41, 5.74) is 1.88. The maximum Gasteiger partial charge on any atom is 0.243 e. The van der Waals surface area contributed by atoms with E-state index >= 15 is 0 Å². The second-order valence-electron chi connectivity index (χ2n) is 7.33. The summed E-state index contributed by atoms with van der Waals surface area (Å²) < 4.78 is 27.9. The van der Waals surface area contributed by atoms with Gasteiger partial charge in [-0.25, -0.2) is 13.4 Å². The first-order valence-electron chi connectivity index (χ1n) is 9.28. The summed E-state index contributed by atoms with van der Waals surface area (Å²) in [4.78, 5) is 9.91. The van der Waals surface area contributed by atoms with Crippen molar-refractivity contribution in [1.82, 2.24) is 14.3 Å². The van der Waals surface area contributed by atoms with Gasteiger partial charge in [0.25, 0.3) is 0 Å². The molecule has 1 N–H and O–H groups in total. The molecule has 4 rings (SSSR count). The molecule has 0 bridgehead atoms. The Morgan fingerprint density at radius 2 is 2.11 bits per heavy atom. The van der Waals surface area contributed by atoms with E-state index in [4.69, 9.17) is 11.6 Å². The van der Waals surface area contributed by atoms with Gasteiger partial charge < -0.3 is 9.88 Å². The van der Waals surface area contributed by atoms with Gasteiger partial charge in [0.05, 0.1) is 4.90 Å². The van der Waals surface area contributed by atoms with Crippen LogP contribution in [0.4, 0.5) is 5.69 Å². The lowest BCUT2D eigenvalue weighted by Crippen LogP contribution is -2.52. The van der Waals surface area contributed by atoms with Crippen molar-refractivity contribution in [1.29, 1.82) is 0 Å². The predicted octanol–water partition coefficient (Wildman–Crippen LogP) is 3.75. The lowest BCUT2D eigenvalue weighted by atomic mass is 9.93. The summed E-state index contributed by atoms with van der Waals surface area (Å²) in [6.45, 7) is 3.12. The second kappa shape index (κ2) is 7.39. The molecular formula is C20H23ClN4O2S. The summed E-state index contributed by atoms with van der Waals surface area (Å²) in [6, 6.07) is 10.5. The molecule has 0 radical (unpaired) electrons. The minimum atomic E-state index is -3.58. The molecule has 0 spiro atoms. The summed E-state index contributed by atoms with van der Waals surface area (Å²) in [5.74, 6) is 0.359. The average molecular weight is 419 g/mol. The molecule has 28 heavy (non-hydrogen) atoms. The molecule has 1 aliphatic heterocycles. The third-order valence-electron chi connectivity index (χ3n) is 5.63. The molecule has 2 unspecified atom stereocenters. The van der Waals surface area contributed by atoms with Crippen LogP contribution in [-0.4, -0.2) is 48.9 Å². The normalized spacial score (nSPS) is 21.1. The number of anilines is 1. The largest absolute Gasteiger partial charge is 0.369 e. The maximum atomic E-state index is 13.2. The van der Waals surface area contributed by atoms with Crippen LogP contribution >= 0.6 is 11.6 Å². The molecule has 2 atom stereocenters. The van der Waals surface area contributed by atoms with E-state index in [-0.39, 0.29) is 10.9 Å². The highest BCUT2D eigenvalue weighted by Crippen LogP contribution is 2.32. The molecule has 1 saturated heterocycles. The third kappa shape index (κ3) is 3.38. The monoisotopic (exact) mass is 418 g/mol. The third-order valence-corrected chi connectivity index (χ3v) is 7.73. The SMILES string of the molecule is CC1CCN(S(=O)(=O)c2cccc(Cl)c2)CC1N(C)c1ccnc2[nH]ccc12. The fraction of sp³-hybridized carbons (Fsp3) is 0.350. The Kier molecular flexibility index (Phi) is 5.07. The Hall–Kier alpha value is -2.09. The van der Waals surface area contributed by atoms with Crippen LogP contribution in [0, 0.1) is 5.92 Å². The van der Waals surface area contributed by atoms with E-state index in [1.165, 1.54) is 6.07 Å². The topological polar surface area (TPSA) is 69.3 Å². The van der Waals surface area contributed by atoms with E-state index in [2.05, 4.69) is 21.8 Å². The van der Waals surface area contributed by atoms with Crippen LogP contribution in [0.15, 0.2) is 53.7 Å². The van der Waals surface area contributed by atoms with Crippen molar-refractivity contribution in [3.05, 3.63) is 53.8 Å². The molecule has 1 fully saturated rings. The van der Waals surface area contributed by atoms with Crippen molar-refractivity contribution < 1.29 is 8.42 Å². The van der Waals surface area contributed by atoms with Crippen LogP contribution in [0.2, 0.25) is 5.02 Å². The van der Waals surface area contributed by atoms with Crippen LogP contribution < -0.4 is 4.90 Å². The Bertz CT molecular complexity index is 1100. The number of hydrogen-bond acceptors (Lipinski definition) is 4. The molecule has 0 aliphatic carbocycles. The summed E-state index contributed by atoms with van der Waals surface area (Å²) in [6.07, 6.45) is 4.45. The molecular weight excluding hydrogens is 396 g/mol. The van der Waals surface area contributed by atoms with Gasteiger partial charge in [-0.2, -0.15) is 4.31 Å². The number of H-pyrrole nitrogens is 1. The zero-order valence-electron chi connectivity index (χ0n) is 15.8. The molecule has 0 amide bonds. The quantitative estimate of drug-likeness (QED) is 0.700. The molecule has 2 aromatic heterocycles. The first-order chi connectivity index (χ1) is 13.4. The molecule has 8 heteroatoms. The Labute approximate surface area is 170 Å². The van der Waals surface area contributed by atoms with Crippen molar-refractivity contribution in [2.75, 3.05) is 25.0 Å². The van der Waals surface area contributed by atoms with E-state index in [9.17, 15) is 8.42 Å². The second-order valence-corrected chi connectivity index (χ2v) is 9.71. The number of nitrogens with zero attached hydrogens (tertiary/aromatic N) is 3. The fourth-order valence-electron chi connectivity index (χ4n) is 3.95. The molecule has 1 aromatic carbocycles. The predicted molar refractivity (Wildman–Crippen MR) is 112 cm³/mol. The van der Waals surface area contributed by atoms with Crippen molar-refractivity contribution in [2.24, 2.45) is 5.92 Å². The number of likely N-dealkylation sites (N-methyl/N-ethyl adjacent to an activating group) is 1. The Morgan fingerprint density at radius 3 is 2.89 bits per heavy atom. The van der Waals surface area contributed by atoms with Crippen molar-refractivity contribution in [3.8, 4) is 0 Å². The number of piperidine rings is 1.